The molecule has 2 aliphatic rings. The topological polar surface area (TPSA) is 70.8 Å². The van der Waals surface area contributed by atoms with Crippen LogP contribution in [-0.4, -0.2) is 75.6 Å². The van der Waals surface area contributed by atoms with Crippen LogP contribution in [0.3, 0.4) is 0 Å². The maximum atomic E-state index is 5.58. The average molecular weight is 535 g/mol. The van der Waals surface area contributed by atoms with E-state index in [-0.39, 0.29) is 0 Å². The molecule has 7 heteroatoms. The van der Waals surface area contributed by atoms with Gasteiger partial charge in [0.15, 0.2) is 11.5 Å². The molecule has 0 spiro atoms. The van der Waals surface area contributed by atoms with Crippen LogP contribution in [0.5, 0.6) is 11.5 Å². The molecular formula is C32H46N4O3. The molecule has 212 valence electrons. The van der Waals surface area contributed by atoms with Gasteiger partial charge in [0.1, 0.15) is 0 Å². The molecule has 0 amide bonds. The number of fused-ring (bicyclic) bond motifs is 1. The number of hydrogen-bond donors (Lipinski definition) is 3. The van der Waals surface area contributed by atoms with Crippen LogP contribution >= 0.6 is 0 Å². The Morgan fingerprint density at radius 2 is 1.69 bits per heavy atom. The van der Waals surface area contributed by atoms with Crippen LogP contribution in [0.2, 0.25) is 0 Å². The molecule has 2 heterocycles. The van der Waals surface area contributed by atoms with E-state index >= 15 is 0 Å². The molecule has 5 rings (SSSR count). The highest BCUT2D eigenvalue weighted by Crippen LogP contribution is 2.40. The van der Waals surface area contributed by atoms with Gasteiger partial charge in [-0.25, -0.2) is 0 Å². The molecule has 0 bridgehead atoms. The lowest BCUT2D eigenvalue weighted by Gasteiger charge is -2.31. The Hall–Kier alpha value is -2.74. The highest BCUT2D eigenvalue weighted by Gasteiger charge is 2.22. The van der Waals surface area contributed by atoms with Crippen molar-refractivity contribution in [3.05, 3.63) is 42.0 Å². The minimum atomic E-state index is 0.377. The first-order valence-corrected chi connectivity index (χ1v) is 14.7. The summed E-state index contributed by atoms with van der Waals surface area (Å²) in [7, 11) is 3.36. The van der Waals surface area contributed by atoms with E-state index in [0.717, 1.165) is 55.6 Å². The van der Waals surface area contributed by atoms with Crippen molar-refractivity contribution >= 4 is 16.6 Å². The summed E-state index contributed by atoms with van der Waals surface area (Å²) in [5.74, 6) is 1.86. The minimum Gasteiger partial charge on any atom is -0.493 e. The summed E-state index contributed by atoms with van der Waals surface area (Å²) < 4.78 is 16.5. The van der Waals surface area contributed by atoms with Crippen molar-refractivity contribution in [2.24, 2.45) is 0 Å². The number of nitrogens with zero attached hydrogens (tertiary/aromatic N) is 1. The summed E-state index contributed by atoms with van der Waals surface area (Å²) in [5.41, 5.74) is 5.98. The molecule has 1 saturated heterocycles. The maximum absolute atomic E-state index is 5.58. The van der Waals surface area contributed by atoms with Crippen molar-refractivity contribution in [2.75, 3.05) is 58.9 Å². The van der Waals surface area contributed by atoms with Gasteiger partial charge in [0.2, 0.25) is 0 Å². The quantitative estimate of drug-likeness (QED) is 0.262. The first-order chi connectivity index (χ1) is 19.1. The fourth-order valence-corrected chi connectivity index (χ4v) is 6.23. The van der Waals surface area contributed by atoms with Crippen molar-refractivity contribution in [1.29, 1.82) is 0 Å². The monoisotopic (exact) mass is 534 g/mol. The Morgan fingerprint density at radius 1 is 0.949 bits per heavy atom. The van der Waals surface area contributed by atoms with Gasteiger partial charge < -0.3 is 29.8 Å². The fourth-order valence-electron chi connectivity index (χ4n) is 6.23. The summed E-state index contributed by atoms with van der Waals surface area (Å²) in [6.07, 6.45) is 6.11. The number of methoxy groups -OCH3 is 2. The first kappa shape index (κ1) is 27.8. The van der Waals surface area contributed by atoms with Crippen LogP contribution in [0.1, 0.15) is 57.4 Å². The summed E-state index contributed by atoms with van der Waals surface area (Å²) in [4.78, 5) is 6.21. The van der Waals surface area contributed by atoms with Gasteiger partial charge in [-0.1, -0.05) is 13.8 Å². The van der Waals surface area contributed by atoms with Crippen LogP contribution in [0.4, 0.5) is 5.69 Å². The number of aromatic amines is 1. The Morgan fingerprint density at radius 3 is 2.41 bits per heavy atom. The third kappa shape index (κ3) is 6.71. The molecule has 0 radical (unpaired) electrons. The van der Waals surface area contributed by atoms with E-state index in [1.54, 1.807) is 14.2 Å². The molecule has 1 saturated carbocycles. The standard InChI is InChI=1S/C32H46N4O3/c1-22(2)31-27-21-26(11-12-28(27)35-32(31)23-6-13-29(37-3)30(20-23)38-4)34-25-9-7-24(8-10-25)33-14-5-15-36-16-18-39-19-17-36/h6,11-13,20-22,24-25,33-35H,5,7-10,14-19H2,1-4H3. The number of ether oxygens (including phenoxy) is 3. The number of H-pyrrole nitrogens is 1. The van der Waals surface area contributed by atoms with Gasteiger partial charge in [0.05, 0.1) is 33.1 Å². The van der Waals surface area contributed by atoms with Gasteiger partial charge in [0.25, 0.3) is 0 Å². The molecule has 2 fully saturated rings. The second-order valence-electron chi connectivity index (χ2n) is 11.4. The lowest BCUT2D eigenvalue weighted by molar-refractivity contribution is 0.0373. The zero-order valence-electron chi connectivity index (χ0n) is 24.1. The maximum Gasteiger partial charge on any atom is 0.161 e. The summed E-state index contributed by atoms with van der Waals surface area (Å²) in [6.45, 7) is 10.8. The van der Waals surface area contributed by atoms with Gasteiger partial charge in [0, 0.05) is 47.3 Å². The largest absolute Gasteiger partial charge is 0.493 e. The average Bonchev–Trinajstić information content (AvgIpc) is 3.35. The van der Waals surface area contributed by atoms with Gasteiger partial charge in [-0.2, -0.15) is 0 Å². The van der Waals surface area contributed by atoms with E-state index in [1.165, 1.54) is 60.8 Å². The molecule has 0 atom stereocenters. The zero-order chi connectivity index (χ0) is 27.2. The van der Waals surface area contributed by atoms with Gasteiger partial charge in [-0.05, 0) is 93.1 Å². The molecule has 3 aromatic rings. The highest BCUT2D eigenvalue weighted by atomic mass is 16.5. The molecule has 1 aliphatic heterocycles. The molecule has 2 aromatic carbocycles. The SMILES string of the molecule is COc1ccc(-c2[nH]c3ccc(NC4CCC(NCCCN5CCOCC5)CC4)cc3c2C(C)C)cc1OC. The van der Waals surface area contributed by atoms with Crippen LogP contribution in [0.15, 0.2) is 36.4 Å². The smallest absolute Gasteiger partial charge is 0.161 e. The number of rotatable bonds is 11. The predicted octanol–water partition coefficient (Wildman–Crippen LogP) is 6.01. The van der Waals surface area contributed by atoms with Crippen LogP contribution in [0, 0.1) is 0 Å². The van der Waals surface area contributed by atoms with Crippen LogP contribution in [0.25, 0.3) is 22.2 Å². The Labute approximate surface area is 233 Å². The highest BCUT2D eigenvalue weighted by molar-refractivity contribution is 5.93. The number of hydrogen-bond acceptors (Lipinski definition) is 6. The number of nitrogens with one attached hydrogen (secondary N) is 3. The minimum absolute atomic E-state index is 0.377. The zero-order valence-corrected chi connectivity index (χ0v) is 24.1. The normalized spacial score (nSPS) is 20.4. The van der Waals surface area contributed by atoms with E-state index in [4.69, 9.17) is 14.2 Å². The number of morpholine rings is 1. The summed E-state index contributed by atoms with van der Waals surface area (Å²) in [5, 5.41) is 8.96. The van der Waals surface area contributed by atoms with Crippen LogP contribution < -0.4 is 20.1 Å². The fraction of sp³-hybridized carbons (Fsp3) is 0.562. The number of anilines is 1. The van der Waals surface area contributed by atoms with Gasteiger partial charge in [-0.15, -0.1) is 0 Å². The van der Waals surface area contributed by atoms with Crippen molar-refractivity contribution in [1.82, 2.24) is 15.2 Å². The third-order valence-electron chi connectivity index (χ3n) is 8.37. The van der Waals surface area contributed by atoms with E-state index < -0.39 is 0 Å². The lowest BCUT2D eigenvalue weighted by Crippen LogP contribution is -2.40. The molecular weight excluding hydrogens is 488 g/mol. The number of benzene rings is 2. The molecule has 0 unspecified atom stereocenters. The van der Waals surface area contributed by atoms with E-state index in [0.29, 0.717) is 18.0 Å². The molecule has 7 nitrogen and oxygen atoms in total. The van der Waals surface area contributed by atoms with Crippen molar-refractivity contribution in [2.45, 2.75) is 64.0 Å². The van der Waals surface area contributed by atoms with Gasteiger partial charge >= 0.3 is 0 Å². The Bertz CT molecular complexity index is 1210. The van der Waals surface area contributed by atoms with Gasteiger partial charge in [-0.3, -0.25) is 4.90 Å². The molecule has 3 N–H and O–H groups in total. The Balaban J connectivity index is 1.20. The molecule has 1 aliphatic carbocycles. The first-order valence-electron chi connectivity index (χ1n) is 14.7. The Kier molecular flexibility index (Phi) is 9.32. The van der Waals surface area contributed by atoms with E-state index in [1.807, 2.05) is 6.07 Å². The second-order valence-corrected chi connectivity index (χ2v) is 11.4. The van der Waals surface area contributed by atoms with Crippen molar-refractivity contribution in [3.63, 3.8) is 0 Å². The van der Waals surface area contributed by atoms with Crippen molar-refractivity contribution in [3.8, 4) is 22.8 Å². The second kappa shape index (κ2) is 13.1. The predicted molar refractivity (Wildman–Crippen MR) is 160 cm³/mol. The number of aromatic nitrogens is 1. The lowest BCUT2D eigenvalue weighted by atomic mass is 9.90. The van der Waals surface area contributed by atoms with E-state index in [9.17, 15) is 0 Å². The summed E-state index contributed by atoms with van der Waals surface area (Å²) >= 11 is 0. The summed E-state index contributed by atoms with van der Waals surface area (Å²) in [6, 6.07) is 14.1. The van der Waals surface area contributed by atoms with Crippen LogP contribution in [-0.2, 0) is 4.74 Å². The van der Waals surface area contributed by atoms with Crippen molar-refractivity contribution < 1.29 is 14.2 Å². The van der Waals surface area contributed by atoms with E-state index in [2.05, 4.69) is 64.7 Å². The molecule has 39 heavy (non-hydrogen) atoms. The molecule has 1 aromatic heterocycles. The third-order valence-corrected chi connectivity index (χ3v) is 8.37.